The van der Waals surface area contributed by atoms with Crippen molar-refractivity contribution in [2.45, 2.75) is 6.92 Å². The van der Waals surface area contributed by atoms with E-state index in [4.69, 9.17) is 4.42 Å². The minimum absolute atomic E-state index is 0.251. The number of hydrogen-bond acceptors (Lipinski definition) is 1. The fourth-order valence-corrected chi connectivity index (χ4v) is 1.71. The molecule has 0 N–H and O–H groups in total. The van der Waals surface area contributed by atoms with Crippen molar-refractivity contribution in [2.75, 3.05) is 0 Å². The lowest BCUT2D eigenvalue weighted by molar-refractivity contribution is 0.605. The molecule has 0 aliphatic heterocycles. The summed E-state index contributed by atoms with van der Waals surface area (Å²) in [5, 5.41) is 0.821. The summed E-state index contributed by atoms with van der Waals surface area (Å²) >= 11 is 3.23. The van der Waals surface area contributed by atoms with Gasteiger partial charge in [0.1, 0.15) is 11.4 Å². The highest BCUT2D eigenvalue weighted by molar-refractivity contribution is 9.10. The monoisotopic (exact) mass is 228 g/mol. The van der Waals surface area contributed by atoms with E-state index in [-0.39, 0.29) is 5.82 Å². The van der Waals surface area contributed by atoms with Crippen molar-refractivity contribution in [1.29, 1.82) is 0 Å². The first-order valence-corrected chi connectivity index (χ1v) is 4.30. The zero-order valence-corrected chi connectivity index (χ0v) is 7.98. The fourth-order valence-electron chi connectivity index (χ4n) is 1.18. The largest absolute Gasteiger partial charge is 0.463 e. The normalized spacial score (nSPS) is 10.9. The van der Waals surface area contributed by atoms with E-state index < -0.39 is 0 Å². The Morgan fingerprint density at radius 3 is 2.92 bits per heavy atom. The Morgan fingerprint density at radius 2 is 2.17 bits per heavy atom. The molecule has 0 saturated heterocycles. The minimum atomic E-state index is -0.251. The van der Waals surface area contributed by atoms with Gasteiger partial charge >= 0.3 is 0 Å². The molecular formula is C9H6BrFO. The predicted octanol–water partition coefficient (Wildman–Crippen LogP) is 3.64. The molecule has 2 aromatic rings. The van der Waals surface area contributed by atoms with E-state index in [2.05, 4.69) is 15.9 Å². The third-order valence-electron chi connectivity index (χ3n) is 1.79. The molecule has 0 aliphatic carbocycles. The Kier molecular flexibility index (Phi) is 1.68. The van der Waals surface area contributed by atoms with Gasteiger partial charge in [0, 0.05) is 5.39 Å². The Bertz CT molecular complexity index is 433. The standard InChI is InChI=1S/C9H6BrFO/c1-5-4-12-9-7(5)2-6(11)3-8(9)10/h2-4H,1H3. The van der Waals surface area contributed by atoms with Gasteiger partial charge in [-0.05, 0) is 40.5 Å². The van der Waals surface area contributed by atoms with Crippen LogP contribution in [0.5, 0.6) is 0 Å². The smallest absolute Gasteiger partial charge is 0.148 e. The lowest BCUT2D eigenvalue weighted by Gasteiger charge is -1.93. The molecule has 3 heteroatoms. The van der Waals surface area contributed by atoms with Crippen LogP contribution >= 0.6 is 15.9 Å². The van der Waals surface area contributed by atoms with E-state index in [1.54, 1.807) is 6.26 Å². The molecule has 0 fully saturated rings. The second-order valence-corrected chi connectivity index (χ2v) is 3.54. The van der Waals surface area contributed by atoms with Crippen LogP contribution in [0.4, 0.5) is 4.39 Å². The SMILES string of the molecule is Cc1coc2c(Br)cc(F)cc12. The van der Waals surface area contributed by atoms with Gasteiger partial charge < -0.3 is 4.42 Å². The van der Waals surface area contributed by atoms with Gasteiger partial charge in [-0.25, -0.2) is 4.39 Å². The quantitative estimate of drug-likeness (QED) is 0.672. The van der Waals surface area contributed by atoms with Crippen LogP contribution in [0.2, 0.25) is 0 Å². The second kappa shape index (κ2) is 2.59. The zero-order valence-electron chi connectivity index (χ0n) is 6.40. The van der Waals surface area contributed by atoms with Crippen LogP contribution in [0.25, 0.3) is 11.0 Å². The van der Waals surface area contributed by atoms with E-state index in [1.165, 1.54) is 12.1 Å². The van der Waals surface area contributed by atoms with E-state index in [0.29, 0.717) is 10.1 Å². The molecule has 1 aromatic heterocycles. The molecule has 12 heavy (non-hydrogen) atoms. The molecule has 0 bridgehead atoms. The van der Waals surface area contributed by atoms with Gasteiger partial charge in [-0.3, -0.25) is 0 Å². The van der Waals surface area contributed by atoms with Crippen LogP contribution in [0.3, 0.4) is 0 Å². The van der Waals surface area contributed by atoms with E-state index in [0.717, 1.165) is 10.9 Å². The molecule has 0 spiro atoms. The van der Waals surface area contributed by atoms with Crippen LogP contribution in [0, 0.1) is 12.7 Å². The van der Waals surface area contributed by atoms with Crippen molar-refractivity contribution in [3.63, 3.8) is 0 Å². The number of aryl methyl sites for hydroxylation is 1. The summed E-state index contributed by atoms with van der Waals surface area (Å²) in [7, 11) is 0. The van der Waals surface area contributed by atoms with Crippen molar-refractivity contribution in [2.24, 2.45) is 0 Å². The van der Waals surface area contributed by atoms with Crippen molar-refractivity contribution < 1.29 is 8.81 Å². The molecule has 62 valence electrons. The molecule has 1 nitrogen and oxygen atoms in total. The molecule has 0 saturated carbocycles. The highest BCUT2D eigenvalue weighted by atomic mass is 79.9. The zero-order chi connectivity index (χ0) is 8.72. The van der Waals surface area contributed by atoms with Crippen molar-refractivity contribution in [1.82, 2.24) is 0 Å². The molecule has 1 heterocycles. The van der Waals surface area contributed by atoms with Gasteiger partial charge in [0.25, 0.3) is 0 Å². The Morgan fingerprint density at radius 1 is 1.42 bits per heavy atom. The third-order valence-corrected chi connectivity index (χ3v) is 2.38. The Balaban J connectivity index is 2.92. The van der Waals surface area contributed by atoms with Gasteiger partial charge in [0.15, 0.2) is 0 Å². The number of rotatable bonds is 0. The van der Waals surface area contributed by atoms with Crippen molar-refractivity contribution in [3.8, 4) is 0 Å². The van der Waals surface area contributed by atoms with Crippen molar-refractivity contribution >= 4 is 26.9 Å². The number of halogens is 2. The molecule has 1 aromatic carbocycles. The maximum Gasteiger partial charge on any atom is 0.148 e. The van der Waals surface area contributed by atoms with Gasteiger partial charge in [-0.1, -0.05) is 0 Å². The summed E-state index contributed by atoms with van der Waals surface area (Å²) in [6.45, 7) is 1.89. The summed E-state index contributed by atoms with van der Waals surface area (Å²) in [6.07, 6.45) is 1.62. The maximum absolute atomic E-state index is 12.9. The van der Waals surface area contributed by atoms with Crippen LogP contribution in [0.1, 0.15) is 5.56 Å². The first-order valence-electron chi connectivity index (χ1n) is 3.51. The van der Waals surface area contributed by atoms with Crippen LogP contribution in [-0.2, 0) is 0 Å². The molecule has 0 aliphatic rings. The summed E-state index contributed by atoms with van der Waals surface area (Å²) in [4.78, 5) is 0. The van der Waals surface area contributed by atoms with Crippen LogP contribution in [0.15, 0.2) is 27.3 Å². The van der Waals surface area contributed by atoms with Gasteiger partial charge in [-0.15, -0.1) is 0 Å². The maximum atomic E-state index is 12.9. The van der Waals surface area contributed by atoms with Gasteiger partial charge in [0.2, 0.25) is 0 Å². The number of fused-ring (bicyclic) bond motifs is 1. The highest BCUT2D eigenvalue weighted by Gasteiger charge is 2.07. The first-order chi connectivity index (χ1) is 5.68. The average molecular weight is 229 g/mol. The summed E-state index contributed by atoms with van der Waals surface area (Å²) in [6, 6.07) is 2.87. The third kappa shape index (κ3) is 1.05. The molecule has 2 rings (SSSR count). The summed E-state index contributed by atoms with van der Waals surface area (Å²) in [5.41, 5.74) is 1.65. The van der Waals surface area contributed by atoms with Gasteiger partial charge in [0.05, 0.1) is 10.7 Å². The first kappa shape index (κ1) is 7.80. The van der Waals surface area contributed by atoms with E-state index >= 15 is 0 Å². The summed E-state index contributed by atoms with van der Waals surface area (Å²) in [5.74, 6) is -0.251. The lowest BCUT2D eigenvalue weighted by atomic mass is 10.2. The fraction of sp³-hybridized carbons (Fsp3) is 0.111. The molecule has 0 radical (unpaired) electrons. The van der Waals surface area contributed by atoms with E-state index in [1.807, 2.05) is 6.92 Å². The average Bonchev–Trinajstić information content (AvgIpc) is 2.33. The molecular weight excluding hydrogens is 223 g/mol. The Hall–Kier alpha value is -0.830. The predicted molar refractivity (Wildman–Crippen MR) is 48.6 cm³/mol. The number of furan rings is 1. The molecule has 0 amide bonds. The molecule has 0 atom stereocenters. The highest BCUT2D eigenvalue weighted by Crippen LogP contribution is 2.28. The van der Waals surface area contributed by atoms with Gasteiger partial charge in [-0.2, -0.15) is 0 Å². The Labute approximate surface area is 77.3 Å². The van der Waals surface area contributed by atoms with Crippen LogP contribution < -0.4 is 0 Å². The summed E-state index contributed by atoms with van der Waals surface area (Å²) < 4.78 is 18.8. The molecule has 0 unspecified atom stereocenters. The topological polar surface area (TPSA) is 13.1 Å². The van der Waals surface area contributed by atoms with E-state index in [9.17, 15) is 4.39 Å². The number of hydrogen-bond donors (Lipinski definition) is 0. The van der Waals surface area contributed by atoms with Crippen LogP contribution in [-0.4, -0.2) is 0 Å². The second-order valence-electron chi connectivity index (χ2n) is 2.68. The minimum Gasteiger partial charge on any atom is -0.463 e. The van der Waals surface area contributed by atoms with Crippen molar-refractivity contribution in [3.05, 3.63) is 34.2 Å². The lowest BCUT2D eigenvalue weighted by Crippen LogP contribution is -1.75. The number of benzene rings is 1.